The Kier molecular flexibility index (Phi) is 5.56. The van der Waals surface area contributed by atoms with Crippen LogP contribution in [-0.4, -0.2) is 0 Å². The summed E-state index contributed by atoms with van der Waals surface area (Å²) < 4.78 is 27.0. The van der Waals surface area contributed by atoms with Crippen molar-refractivity contribution in [1.82, 2.24) is 0 Å². The largest absolute Gasteiger partial charge is 0.379 e. The molecule has 5 heteroatoms. The van der Waals surface area contributed by atoms with Crippen LogP contribution in [0.1, 0.15) is 5.56 Å². The molecular weight excluding hydrogens is 324 g/mol. The summed E-state index contributed by atoms with van der Waals surface area (Å²) in [7, 11) is 0. The minimum Gasteiger partial charge on any atom is -0.379 e. The quantitative estimate of drug-likeness (QED) is 0.853. The van der Waals surface area contributed by atoms with E-state index in [0.29, 0.717) is 12.2 Å². The number of hydrogen-bond acceptors (Lipinski definition) is 1. The van der Waals surface area contributed by atoms with Crippen molar-refractivity contribution in [1.29, 1.82) is 0 Å². The molecule has 0 atom stereocenters. The molecule has 0 heterocycles. The first kappa shape index (κ1) is 14.9. The second-order valence-corrected chi connectivity index (χ2v) is 4.52. The molecule has 18 heavy (non-hydrogen) atoms. The van der Waals surface area contributed by atoms with Gasteiger partial charge in [0.1, 0.15) is 11.6 Å². The number of halogens is 4. The summed E-state index contributed by atoms with van der Waals surface area (Å²) >= 11 is 3.34. The van der Waals surface area contributed by atoms with E-state index in [1.165, 1.54) is 12.1 Å². The maximum Gasteiger partial charge on any atom is 0.149 e. The second-order valence-electron chi connectivity index (χ2n) is 3.60. The number of nitrogens with one attached hydrogen (secondary N) is 1. The lowest BCUT2D eigenvalue weighted by atomic mass is 10.2. The van der Waals surface area contributed by atoms with E-state index in [2.05, 4.69) is 21.2 Å². The SMILES string of the molecule is Cl.Fc1ccc(NCc2ccc(Br)cc2)c(F)c1. The topological polar surface area (TPSA) is 12.0 Å². The molecule has 2 aromatic rings. The Hall–Kier alpha value is -1.13. The van der Waals surface area contributed by atoms with Crippen molar-refractivity contribution in [3.8, 4) is 0 Å². The van der Waals surface area contributed by atoms with Gasteiger partial charge in [-0.3, -0.25) is 0 Å². The van der Waals surface area contributed by atoms with Crippen molar-refractivity contribution in [2.75, 3.05) is 5.32 Å². The van der Waals surface area contributed by atoms with Crippen LogP contribution in [-0.2, 0) is 6.54 Å². The molecule has 0 bridgehead atoms. The molecular formula is C13H11BrClF2N. The van der Waals surface area contributed by atoms with Crippen LogP contribution in [0.25, 0.3) is 0 Å². The molecule has 0 fully saturated rings. The van der Waals surface area contributed by atoms with Crippen molar-refractivity contribution >= 4 is 34.0 Å². The van der Waals surface area contributed by atoms with Gasteiger partial charge in [0.25, 0.3) is 0 Å². The maximum atomic E-state index is 13.3. The summed E-state index contributed by atoms with van der Waals surface area (Å²) in [5, 5.41) is 2.92. The minimum absolute atomic E-state index is 0. The highest BCUT2D eigenvalue weighted by molar-refractivity contribution is 9.10. The van der Waals surface area contributed by atoms with Gasteiger partial charge in [-0.1, -0.05) is 28.1 Å². The zero-order valence-electron chi connectivity index (χ0n) is 9.29. The molecule has 2 rings (SSSR count). The Bertz CT molecular complexity index is 517. The van der Waals surface area contributed by atoms with E-state index in [-0.39, 0.29) is 12.4 Å². The third-order valence-corrected chi connectivity index (χ3v) is 2.86. The number of benzene rings is 2. The van der Waals surface area contributed by atoms with Crippen molar-refractivity contribution < 1.29 is 8.78 Å². The lowest BCUT2D eigenvalue weighted by Crippen LogP contribution is -2.01. The molecule has 0 aliphatic carbocycles. The van der Waals surface area contributed by atoms with Crippen LogP contribution in [0.15, 0.2) is 46.9 Å². The van der Waals surface area contributed by atoms with E-state index in [1.54, 1.807) is 0 Å². The highest BCUT2D eigenvalue weighted by Crippen LogP contribution is 2.17. The van der Waals surface area contributed by atoms with Crippen LogP contribution < -0.4 is 5.32 Å². The molecule has 0 aromatic heterocycles. The van der Waals surface area contributed by atoms with Gasteiger partial charge in [0.15, 0.2) is 0 Å². The zero-order chi connectivity index (χ0) is 12.3. The molecule has 0 aliphatic rings. The van der Waals surface area contributed by atoms with E-state index in [4.69, 9.17) is 0 Å². The summed E-state index contributed by atoms with van der Waals surface area (Å²) in [6.07, 6.45) is 0. The highest BCUT2D eigenvalue weighted by Gasteiger charge is 2.02. The van der Waals surface area contributed by atoms with Crippen molar-refractivity contribution in [2.24, 2.45) is 0 Å². The molecule has 0 unspecified atom stereocenters. The van der Waals surface area contributed by atoms with Crippen LogP contribution in [0.2, 0.25) is 0 Å². The molecule has 0 amide bonds. The Labute approximate surface area is 119 Å². The molecule has 96 valence electrons. The maximum absolute atomic E-state index is 13.3. The third-order valence-electron chi connectivity index (χ3n) is 2.33. The molecule has 1 nitrogen and oxygen atoms in total. The monoisotopic (exact) mass is 333 g/mol. The van der Waals surface area contributed by atoms with Crippen LogP contribution >= 0.6 is 28.3 Å². The fourth-order valence-electron chi connectivity index (χ4n) is 1.43. The van der Waals surface area contributed by atoms with E-state index in [9.17, 15) is 8.78 Å². The Morgan fingerprint density at radius 1 is 1.00 bits per heavy atom. The van der Waals surface area contributed by atoms with Gasteiger partial charge in [0.2, 0.25) is 0 Å². The number of anilines is 1. The van der Waals surface area contributed by atoms with Crippen LogP contribution in [0.5, 0.6) is 0 Å². The first-order valence-electron chi connectivity index (χ1n) is 5.08. The third kappa shape index (κ3) is 3.96. The van der Waals surface area contributed by atoms with Crippen molar-refractivity contribution in [3.05, 3.63) is 64.1 Å². The van der Waals surface area contributed by atoms with Crippen LogP contribution in [0.4, 0.5) is 14.5 Å². The minimum atomic E-state index is -0.581. The molecule has 0 aliphatic heterocycles. The van der Waals surface area contributed by atoms with Gasteiger partial charge in [0.05, 0.1) is 5.69 Å². The van der Waals surface area contributed by atoms with Crippen molar-refractivity contribution in [3.63, 3.8) is 0 Å². The lowest BCUT2D eigenvalue weighted by molar-refractivity contribution is 0.585. The van der Waals surface area contributed by atoms with E-state index < -0.39 is 11.6 Å². The van der Waals surface area contributed by atoms with E-state index >= 15 is 0 Å². The second kappa shape index (κ2) is 6.71. The predicted octanol–water partition coefficient (Wildman–Crippen LogP) is 4.76. The van der Waals surface area contributed by atoms with E-state index in [1.807, 2.05) is 24.3 Å². The van der Waals surface area contributed by atoms with Gasteiger partial charge in [-0.05, 0) is 29.8 Å². The molecule has 0 saturated carbocycles. The summed E-state index contributed by atoms with van der Waals surface area (Å²) in [5.74, 6) is -1.15. The van der Waals surface area contributed by atoms with Gasteiger partial charge in [-0.2, -0.15) is 0 Å². The highest BCUT2D eigenvalue weighted by atomic mass is 79.9. The van der Waals surface area contributed by atoms with Crippen LogP contribution in [0.3, 0.4) is 0 Å². The fraction of sp³-hybridized carbons (Fsp3) is 0.0769. The lowest BCUT2D eigenvalue weighted by Gasteiger charge is -2.07. The molecule has 0 saturated heterocycles. The molecule has 0 radical (unpaired) electrons. The van der Waals surface area contributed by atoms with E-state index in [0.717, 1.165) is 16.1 Å². The standard InChI is InChI=1S/C13H10BrF2N.ClH/c14-10-3-1-9(2-4-10)8-17-13-6-5-11(15)7-12(13)16;/h1-7,17H,8H2;1H. The Balaban J connectivity index is 0.00000162. The Morgan fingerprint density at radius 2 is 1.67 bits per heavy atom. The number of rotatable bonds is 3. The van der Waals surface area contributed by atoms with Gasteiger partial charge < -0.3 is 5.32 Å². The average Bonchev–Trinajstić information content (AvgIpc) is 2.30. The summed E-state index contributed by atoms with van der Waals surface area (Å²) in [4.78, 5) is 0. The first-order chi connectivity index (χ1) is 8.15. The molecule has 0 spiro atoms. The van der Waals surface area contributed by atoms with Crippen LogP contribution in [0, 0.1) is 11.6 Å². The summed E-state index contributed by atoms with van der Waals surface area (Å²) in [6.45, 7) is 0.496. The fourth-order valence-corrected chi connectivity index (χ4v) is 1.70. The van der Waals surface area contributed by atoms with Gasteiger partial charge in [-0.15, -0.1) is 12.4 Å². The van der Waals surface area contributed by atoms with Gasteiger partial charge in [0, 0.05) is 17.1 Å². The first-order valence-corrected chi connectivity index (χ1v) is 5.88. The smallest absolute Gasteiger partial charge is 0.149 e. The Morgan fingerprint density at radius 3 is 2.28 bits per heavy atom. The summed E-state index contributed by atoms with van der Waals surface area (Å²) in [5.41, 5.74) is 1.33. The molecule has 2 aromatic carbocycles. The normalized spacial score (nSPS) is 9.72. The zero-order valence-corrected chi connectivity index (χ0v) is 11.7. The number of hydrogen-bond donors (Lipinski definition) is 1. The van der Waals surface area contributed by atoms with Crippen molar-refractivity contribution in [2.45, 2.75) is 6.54 Å². The predicted molar refractivity (Wildman–Crippen MR) is 75.1 cm³/mol. The summed E-state index contributed by atoms with van der Waals surface area (Å²) in [6, 6.07) is 11.2. The van der Waals surface area contributed by atoms with Gasteiger partial charge in [-0.25, -0.2) is 8.78 Å². The molecule has 1 N–H and O–H groups in total. The average molecular weight is 335 g/mol. The van der Waals surface area contributed by atoms with Gasteiger partial charge >= 0.3 is 0 Å².